The van der Waals surface area contributed by atoms with Crippen LogP contribution in [0.4, 0.5) is 0 Å². The Morgan fingerprint density at radius 2 is 1.57 bits per heavy atom. The molecule has 0 atom stereocenters. The molecule has 2 aromatic rings. The van der Waals surface area contributed by atoms with Gasteiger partial charge in [0.1, 0.15) is 0 Å². The van der Waals surface area contributed by atoms with Crippen molar-refractivity contribution in [2.75, 3.05) is 0 Å². The molecule has 0 aliphatic heterocycles. The lowest BCUT2D eigenvalue weighted by Gasteiger charge is -2.13. The largest absolute Gasteiger partial charge is 0.0776 e. The van der Waals surface area contributed by atoms with Crippen molar-refractivity contribution in [1.29, 1.82) is 0 Å². The van der Waals surface area contributed by atoms with Crippen molar-refractivity contribution in [3.05, 3.63) is 77.4 Å². The van der Waals surface area contributed by atoms with Gasteiger partial charge < -0.3 is 0 Å². The van der Waals surface area contributed by atoms with Gasteiger partial charge in [-0.15, -0.1) is 0 Å². The first kappa shape index (κ1) is 13.9. The fourth-order valence-corrected chi connectivity index (χ4v) is 3.17. The van der Waals surface area contributed by atoms with Gasteiger partial charge in [-0.25, -0.2) is 0 Å². The van der Waals surface area contributed by atoms with Crippen molar-refractivity contribution in [2.45, 2.75) is 27.7 Å². The summed E-state index contributed by atoms with van der Waals surface area (Å²) in [5.41, 5.74) is 5.89. The Morgan fingerprint density at radius 1 is 0.905 bits per heavy atom. The molecule has 21 heavy (non-hydrogen) atoms. The highest BCUT2D eigenvalue weighted by atomic mass is 14.3. The molecule has 0 N–H and O–H groups in total. The number of fused-ring (bicyclic) bond motifs is 3. The predicted octanol–water partition coefficient (Wildman–Crippen LogP) is 5.94. The monoisotopic (exact) mass is 274 g/mol. The first-order valence-corrected chi connectivity index (χ1v) is 7.26. The highest BCUT2D eigenvalue weighted by Crippen LogP contribution is 2.40. The molecule has 0 radical (unpaired) electrons. The van der Waals surface area contributed by atoms with Crippen LogP contribution < -0.4 is 0 Å². The third-order valence-corrected chi connectivity index (χ3v) is 4.38. The molecule has 2 aromatic carbocycles. The summed E-state index contributed by atoms with van der Waals surface area (Å²) in [5, 5.41) is 2.68. The molecule has 0 saturated heterocycles. The van der Waals surface area contributed by atoms with E-state index in [1.165, 1.54) is 33.0 Å². The summed E-state index contributed by atoms with van der Waals surface area (Å²) in [7, 11) is 0. The van der Waals surface area contributed by atoms with Gasteiger partial charge in [0.05, 0.1) is 0 Å². The van der Waals surface area contributed by atoms with Crippen LogP contribution in [0.5, 0.6) is 0 Å². The molecule has 0 spiro atoms. The maximum absolute atomic E-state index is 2.35. The Kier molecular flexibility index (Phi) is 3.13. The third kappa shape index (κ3) is 2.25. The molecule has 0 fully saturated rings. The van der Waals surface area contributed by atoms with Crippen LogP contribution >= 0.6 is 0 Å². The molecule has 0 amide bonds. The molecule has 0 aromatic heterocycles. The van der Waals surface area contributed by atoms with Gasteiger partial charge in [0.15, 0.2) is 0 Å². The highest BCUT2D eigenvalue weighted by Gasteiger charge is 2.22. The van der Waals surface area contributed by atoms with E-state index in [1.807, 2.05) is 0 Å². The van der Waals surface area contributed by atoms with E-state index in [0.717, 1.165) is 6.42 Å². The molecular weight excluding hydrogens is 252 g/mol. The fraction of sp³-hybridized carbons (Fsp3) is 0.238. The van der Waals surface area contributed by atoms with Crippen molar-refractivity contribution in [1.82, 2.24) is 0 Å². The van der Waals surface area contributed by atoms with E-state index < -0.39 is 0 Å². The lowest BCUT2D eigenvalue weighted by atomic mass is 9.92. The maximum Gasteiger partial charge on any atom is 0.00110 e. The quantitative estimate of drug-likeness (QED) is 0.558. The average Bonchev–Trinajstić information content (AvgIpc) is 2.69. The summed E-state index contributed by atoms with van der Waals surface area (Å²) < 4.78 is 0. The number of allylic oxidation sites excluding steroid dienone is 6. The van der Waals surface area contributed by atoms with E-state index in [1.54, 1.807) is 0 Å². The summed E-state index contributed by atoms with van der Waals surface area (Å²) in [6.45, 7) is 4.51. The van der Waals surface area contributed by atoms with Gasteiger partial charge in [0.25, 0.3) is 0 Å². The molecule has 106 valence electrons. The minimum absolute atomic E-state index is 0. The van der Waals surface area contributed by atoms with Crippen LogP contribution in [0.3, 0.4) is 0 Å². The molecule has 2 aliphatic carbocycles. The zero-order valence-corrected chi connectivity index (χ0v) is 12.0. The lowest BCUT2D eigenvalue weighted by Crippen LogP contribution is -2.01. The molecular formula is C21H22. The number of hydrogen-bond acceptors (Lipinski definition) is 0. The number of hydrogen-bond donors (Lipinski definition) is 0. The zero-order chi connectivity index (χ0) is 13.7. The van der Waals surface area contributed by atoms with Crippen LogP contribution in [0.1, 0.15) is 32.4 Å². The molecule has 0 bridgehead atoms. The maximum atomic E-state index is 2.35. The van der Waals surface area contributed by atoms with E-state index in [0.29, 0.717) is 0 Å². The molecule has 0 heterocycles. The van der Waals surface area contributed by atoms with Crippen LogP contribution in [0.15, 0.2) is 66.3 Å². The van der Waals surface area contributed by atoms with Crippen LogP contribution in [0.25, 0.3) is 16.3 Å². The topological polar surface area (TPSA) is 0 Å². The van der Waals surface area contributed by atoms with Crippen molar-refractivity contribution < 1.29 is 0 Å². The summed E-state index contributed by atoms with van der Waals surface area (Å²) >= 11 is 0. The fourth-order valence-electron chi connectivity index (χ4n) is 3.17. The molecule has 0 heteroatoms. The predicted molar refractivity (Wildman–Crippen MR) is 93.4 cm³/mol. The summed E-state index contributed by atoms with van der Waals surface area (Å²) in [4.78, 5) is 0. The lowest BCUT2D eigenvalue weighted by molar-refractivity contribution is 0.627. The van der Waals surface area contributed by atoms with E-state index >= 15 is 0 Å². The average molecular weight is 274 g/mol. The second-order valence-electron chi connectivity index (χ2n) is 6.46. The van der Waals surface area contributed by atoms with Crippen LogP contribution in [0.2, 0.25) is 0 Å². The van der Waals surface area contributed by atoms with Gasteiger partial charge in [-0.05, 0) is 45.5 Å². The van der Waals surface area contributed by atoms with Crippen molar-refractivity contribution in [3.8, 4) is 0 Å². The summed E-state index contributed by atoms with van der Waals surface area (Å²) in [6.07, 6.45) is 10.3. The first-order chi connectivity index (χ1) is 9.62. The summed E-state index contributed by atoms with van der Waals surface area (Å²) in [6, 6.07) is 13.3. The van der Waals surface area contributed by atoms with Gasteiger partial charge in [-0.2, -0.15) is 0 Å². The van der Waals surface area contributed by atoms with Gasteiger partial charge in [-0.3, -0.25) is 0 Å². The molecule has 0 nitrogen and oxygen atoms in total. The van der Waals surface area contributed by atoms with Crippen LogP contribution in [-0.4, -0.2) is 0 Å². The van der Waals surface area contributed by atoms with E-state index in [9.17, 15) is 0 Å². The number of benzene rings is 2. The minimum atomic E-state index is 0. The van der Waals surface area contributed by atoms with Crippen molar-refractivity contribution in [3.63, 3.8) is 0 Å². The Labute approximate surface area is 127 Å². The Balaban J connectivity index is 0.00000132. The third-order valence-electron chi connectivity index (χ3n) is 4.38. The Bertz CT molecular complexity index is 798. The van der Waals surface area contributed by atoms with Gasteiger partial charge in [-0.1, -0.05) is 75.9 Å². The first-order valence-electron chi connectivity index (χ1n) is 7.26. The second-order valence-corrected chi connectivity index (χ2v) is 6.46. The van der Waals surface area contributed by atoms with Gasteiger partial charge >= 0.3 is 0 Å². The Hall–Kier alpha value is -2.08. The van der Waals surface area contributed by atoms with Crippen molar-refractivity contribution >= 4 is 16.3 Å². The molecule has 4 rings (SSSR count). The summed E-state index contributed by atoms with van der Waals surface area (Å²) in [5.74, 6) is 0. The normalized spacial score (nSPS) is 18.2. The standard InChI is InChI=1S/C20H18.CH4/c1-20(2)9-7-16-12-17-11-14-5-3-4-6-15(14)13-19(17)18(16)8-10-20;/h3-11,13H,12H2,1-2H3;1H4. The molecule has 0 unspecified atom stereocenters. The SMILES string of the molecule is C.CC1(C)C=CC2=C(C=C1)c1cc3ccccc3cc1C2. The van der Waals surface area contributed by atoms with E-state index in [-0.39, 0.29) is 12.8 Å². The molecule has 2 aliphatic rings. The highest BCUT2D eigenvalue weighted by molar-refractivity contribution is 5.93. The van der Waals surface area contributed by atoms with E-state index in [2.05, 4.69) is 74.5 Å². The van der Waals surface area contributed by atoms with E-state index in [4.69, 9.17) is 0 Å². The van der Waals surface area contributed by atoms with Gasteiger partial charge in [0, 0.05) is 5.41 Å². The number of rotatable bonds is 0. The van der Waals surface area contributed by atoms with Gasteiger partial charge in [0.2, 0.25) is 0 Å². The zero-order valence-electron chi connectivity index (χ0n) is 12.0. The second kappa shape index (κ2) is 4.73. The Morgan fingerprint density at radius 3 is 2.33 bits per heavy atom. The van der Waals surface area contributed by atoms with Crippen LogP contribution in [-0.2, 0) is 6.42 Å². The smallest absolute Gasteiger partial charge is 0.00110 e. The molecule has 0 saturated carbocycles. The van der Waals surface area contributed by atoms with Crippen LogP contribution in [0, 0.1) is 5.41 Å². The minimum Gasteiger partial charge on any atom is -0.0776 e. The van der Waals surface area contributed by atoms with Crippen molar-refractivity contribution in [2.24, 2.45) is 5.41 Å².